The lowest BCUT2D eigenvalue weighted by molar-refractivity contribution is -0.116. The number of hydrogen-bond acceptors (Lipinski definition) is 6. The monoisotopic (exact) mass is 576 g/mol. The van der Waals surface area contributed by atoms with Crippen molar-refractivity contribution in [2.45, 2.75) is 50.4 Å². The van der Waals surface area contributed by atoms with Crippen molar-refractivity contribution in [2.24, 2.45) is 0 Å². The van der Waals surface area contributed by atoms with Crippen LogP contribution in [0.1, 0.15) is 48.5 Å². The van der Waals surface area contributed by atoms with Gasteiger partial charge in [0.2, 0.25) is 5.91 Å². The molecule has 0 radical (unpaired) electrons. The minimum atomic E-state index is -3.54. The molecule has 0 aromatic heterocycles. The van der Waals surface area contributed by atoms with Crippen molar-refractivity contribution < 1.29 is 18.0 Å². The van der Waals surface area contributed by atoms with Crippen LogP contribution in [0.2, 0.25) is 0 Å². The molecule has 2 aliphatic rings. The van der Waals surface area contributed by atoms with E-state index in [0.29, 0.717) is 35.1 Å². The molecule has 0 spiro atoms. The quantitative estimate of drug-likeness (QED) is 0.392. The Kier molecular flexibility index (Phi) is 8.69. The highest BCUT2D eigenvalue weighted by Gasteiger charge is 2.30. The van der Waals surface area contributed by atoms with Gasteiger partial charge in [0.25, 0.3) is 5.91 Å². The number of sulfone groups is 1. The van der Waals surface area contributed by atoms with Crippen LogP contribution in [0.3, 0.4) is 0 Å². The van der Waals surface area contributed by atoms with E-state index >= 15 is 0 Å². The molecule has 2 heterocycles. The largest absolute Gasteiger partial charge is 0.371 e. The van der Waals surface area contributed by atoms with Crippen molar-refractivity contribution in [2.75, 3.05) is 36.0 Å². The number of amides is 2. The van der Waals surface area contributed by atoms with Gasteiger partial charge >= 0.3 is 0 Å². The second kappa shape index (κ2) is 11.7. The zero-order valence-corrected chi connectivity index (χ0v) is 22.8. The molecule has 8 nitrogen and oxygen atoms in total. The molecule has 1 fully saturated rings. The Morgan fingerprint density at radius 1 is 1.17 bits per heavy atom. The molecule has 0 saturated carbocycles. The predicted molar refractivity (Wildman–Crippen MR) is 146 cm³/mol. The van der Waals surface area contributed by atoms with Crippen molar-refractivity contribution in [1.29, 1.82) is 0 Å². The standard InChI is InChI=1S/C26H33BrN4O4S/c1-18-6-2-3-12-31(18)13-5-11-28-25(32)20-9-10-22-23(15-20)30-26(33)24(29-22)17-36(34,35)16-19-7-4-8-21(27)14-19/h4,7-10,14-15,18,24,29H,2-3,5-6,11-13,16-17H2,1H3,(H,28,32)(H,30,33)/t18-,24+/m1/s1. The van der Waals surface area contributed by atoms with Crippen molar-refractivity contribution in [1.82, 2.24) is 10.2 Å². The first-order chi connectivity index (χ1) is 17.2. The van der Waals surface area contributed by atoms with Crippen LogP contribution in [0.15, 0.2) is 46.9 Å². The molecule has 2 aliphatic heterocycles. The van der Waals surface area contributed by atoms with Crippen LogP contribution in [0.5, 0.6) is 0 Å². The van der Waals surface area contributed by atoms with E-state index in [2.05, 4.69) is 43.7 Å². The van der Waals surface area contributed by atoms with Crippen LogP contribution in [0.4, 0.5) is 11.4 Å². The van der Waals surface area contributed by atoms with Crippen LogP contribution in [-0.2, 0) is 20.4 Å². The van der Waals surface area contributed by atoms with Crippen LogP contribution >= 0.6 is 15.9 Å². The Hall–Kier alpha value is -2.43. The predicted octanol–water partition coefficient (Wildman–Crippen LogP) is 3.79. The lowest BCUT2D eigenvalue weighted by Gasteiger charge is -2.33. The SMILES string of the molecule is C[C@@H]1CCCCN1CCCNC(=O)c1ccc2c(c1)NC(=O)[C@H](CS(=O)(=O)Cc1cccc(Br)c1)N2. The smallest absolute Gasteiger partial charge is 0.251 e. The van der Waals surface area contributed by atoms with E-state index in [4.69, 9.17) is 0 Å². The summed E-state index contributed by atoms with van der Waals surface area (Å²) in [6.07, 6.45) is 4.65. The van der Waals surface area contributed by atoms with E-state index < -0.39 is 21.8 Å². The minimum Gasteiger partial charge on any atom is -0.371 e. The van der Waals surface area contributed by atoms with Gasteiger partial charge in [0.1, 0.15) is 6.04 Å². The second-order valence-corrected chi connectivity index (χ2v) is 12.6. The van der Waals surface area contributed by atoms with E-state index in [-0.39, 0.29) is 17.4 Å². The van der Waals surface area contributed by atoms with Gasteiger partial charge in [-0.25, -0.2) is 8.42 Å². The van der Waals surface area contributed by atoms with Crippen molar-refractivity contribution >= 4 is 49.0 Å². The number of hydrogen-bond donors (Lipinski definition) is 3. The van der Waals surface area contributed by atoms with Gasteiger partial charge in [-0.3, -0.25) is 9.59 Å². The molecule has 36 heavy (non-hydrogen) atoms. The van der Waals surface area contributed by atoms with E-state index in [9.17, 15) is 18.0 Å². The molecular formula is C26H33BrN4O4S. The Morgan fingerprint density at radius 3 is 2.78 bits per heavy atom. The number of likely N-dealkylation sites (tertiary alicyclic amines) is 1. The van der Waals surface area contributed by atoms with Gasteiger partial charge < -0.3 is 20.9 Å². The number of anilines is 2. The highest BCUT2D eigenvalue weighted by molar-refractivity contribution is 9.10. The first-order valence-corrected chi connectivity index (χ1v) is 15.0. The molecular weight excluding hydrogens is 544 g/mol. The number of fused-ring (bicyclic) bond motifs is 1. The van der Waals surface area contributed by atoms with Gasteiger partial charge in [0.15, 0.2) is 9.84 Å². The third kappa shape index (κ3) is 7.08. The van der Waals surface area contributed by atoms with Gasteiger partial charge in [0, 0.05) is 29.2 Å². The first kappa shape index (κ1) is 26.6. The number of carbonyl (C=O) groups excluding carboxylic acids is 2. The number of halogens is 1. The maximum atomic E-state index is 12.7. The Balaban J connectivity index is 1.30. The average molecular weight is 578 g/mol. The summed E-state index contributed by atoms with van der Waals surface area (Å²) in [6.45, 7) is 4.94. The van der Waals surface area contributed by atoms with E-state index in [1.165, 1.54) is 19.3 Å². The summed E-state index contributed by atoms with van der Waals surface area (Å²) >= 11 is 3.35. The molecule has 0 unspecified atom stereocenters. The fourth-order valence-electron chi connectivity index (χ4n) is 4.77. The second-order valence-electron chi connectivity index (χ2n) is 9.62. The maximum absolute atomic E-state index is 12.7. The third-order valence-corrected chi connectivity index (χ3v) is 8.84. The fraction of sp³-hybridized carbons (Fsp3) is 0.462. The maximum Gasteiger partial charge on any atom is 0.251 e. The zero-order chi connectivity index (χ0) is 25.7. The molecule has 2 aromatic carbocycles. The molecule has 4 rings (SSSR count). The van der Waals surface area contributed by atoms with E-state index in [0.717, 1.165) is 24.0 Å². The number of rotatable bonds is 9. The summed E-state index contributed by atoms with van der Waals surface area (Å²) < 4.78 is 26.3. The molecule has 0 aliphatic carbocycles. The lowest BCUT2D eigenvalue weighted by atomic mass is 10.0. The molecule has 2 aromatic rings. The number of nitrogens with one attached hydrogen (secondary N) is 3. The summed E-state index contributed by atoms with van der Waals surface area (Å²) in [5.41, 5.74) is 2.16. The van der Waals surface area contributed by atoms with Gasteiger partial charge in [-0.05, 0) is 68.6 Å². The fourth-order valence-corrected chi connectivity index (χ4v) is 6.77. The normalized spacial score (nSPS) is 20.2. The summed E-state index contributed by atoms with van der Waals surface area (Å²) in [7, 11) is -3.54. The lowest BCUT2D eigenvalue weighted by Crippen LogP contribution is -2.43. The molecule has 10 heteroatoms. The van der Waals surface area contributed by atoms with Crippen LogP contribution in [0, 0.1) is 0 Å². The van der Waals surface area contributed by atoms with Crippen molar-refractivity contribution in [3.63, 3.8) is 0 Å². The summed E-state index contributed by atoms with van der Waals surface area (Å²) in [4.78, 5) is 27.8. The Morgan fingerprint density at radius 2 is 2.00 bits per heavy atom. The minimum absolute atomic E-state index is 0.152. The van der Waals surface area contributed by atoms with Crippen LogP contribution < -0.4 is 16.0 Å². The van der Waals surface area contributed by atoms with Crippen LogP contribution in [-0.4, -0.2) is 62.6 Å². The van der Waals surface area contributed by atoms with Crippen LogP contribution in [0.25, 0.3) is 0 Å². The number of nitrogens with zero attached hydrogens (tertiary/aromatic N) is 1. The Labute approximate surface area is 221 Å². The molecule has 0 bridgehead atoms. The molecule has 1 saturated heterocycles. The topological polar surface area (TPSA) is 108 Å². The van der Waals surface area contributed by atoms with Gasteiger partial charge in [-0.15, -0.1) is 0 Å². The molecule has 2 amide bonds. The van der Waals surface area contributed by atoms with Crippen molar-refractivity contribution in [3.05, 3.63) is 58.1 Å². The van der Waals surface area contributed by atoms with E-state index in [1.54, 1.807) is 36.4 Å². The number of piperidine rings is 1. The third-order valence-electron chi connectivity index (χ3n) is 6.73. The molecule has 2 atom stereocenters. The highest BCUT2D eigenvalue weighted by Crippen LogP contribution is 2.28. The Bertz CT molecular complexity index is 1220. The van der Waals surface area contributed by atoms with Crippen molar-refractivity contribution in [3.8, 4) is 0 Å². The summed E-state index contributed by atoms with van der Waals surface area (Å²) in [5, 5.41) is 8.73. The molecule has 3 N–H and O–H groups in total. The highest BCUT2D eigenvalue weighted by atomic mass is 79.9. The van der Waals surface area contributed by atoms with Gasteiger partial charge in [0.05, 0.1) is 22.9 Å². The van der Waals surface area contributed by atoms with E-state index in [1.807, 2.05) is 6.07 Å². The summed E-state index contributed by atoms with van der Waals surface area (Å²) in [6, 6.07) is 11.8. The molecule has 194 valence electrons. The average Bonchev–Trinajstić information content (AvgIpc) is 2.82. The van der Waals surface area contributed by atoms with Gasteiger partial charge in [-0.2, -0.15) is 0 Å². The van der Waals surface area contributed by atoms with Gasteiger partial charge in [-0.1, -0.05) is 34.5 Å². The summed E-state index contributed by atoms with van der Waals surface area (Å²) in [5.74, 6) is -1.12. The number of benzene rings is 2. The zero-order valence-electron chi connectivity index (χ0n) is 20.4. The number of carbonyl (C=O) groups is 2. The first-order valence-electron chi connectivity index (χ1n) is 12.4.